The van der Waals surface area contributed by atoms with Crippen molar-refractivity contribution in [3.63, 3.8) is 0 Å². The van der Waals surface area contributed by atoms with E-state index in [1.807, 2.05) is 24.3 Å². The molecule has 7 heteroatoms. The predicted octanol–water partition coefficient (Wildman–Crippen LogP) is 4.26. The average Bonchev–Trinajstić information content (AvgIpc) is 2.65. The number of rotatable bonds is 5. The Labute approximate surface area is 161 Å². The third-order valence-corrected chi connectivity index (χ3v) is 4.98. The van der Waals surface area contributed by atoms with E-state index in [9.17, 15) is 22.8 Å². The molecule has 4 nitrogen and oxygen atoms in total. The van der Waals surface area contributed by atoms with Gasteiger partial charge in [-0.15, -0.1) is 0 Å². The summed E-state index contributed by atoms with van der Waals surface area (Å²) in [5, 5.41) is 2.84. The van der Waals surface area contributed by atoms with Crippen molar-refractivity contribution in [3.8, 4) is 0 Å². The maximum atomic E-state index is 13.1. The van der Waals surface area contributed by atoms with Crippen molar-refractivity contribution in [1.82, 2.24) is 4.90 Å². The Hall–Kier alpha value is -2.83. The van der Waals surface area contributed by atoms with E-state index in [1.54, 1.807) is 0 Å². The summed E-state index contributed by atoms with van der Waals surface area (Å²) in [4.78, 5) is 25.9. The lowest BCUT2D eigenvalue weighted by molar-refractivity contribution is -0.139. The van der Waals surface area contributed by atoms with Crippen molar-refractivity contribution in [1.29, 1.82) is 0 Å². The fourth-order valence-corrected chi connectivity index (χ4v) is 3.41. The van der Waals surface area contributed by atoms with Crippen LogP contribution in [0.5, 0.6) is 0 Å². The van der Waals surface area contributed by atoms with E-state index < -0.39 is 11.7 Å². The first-order valence-corrected chi connectivity index (χ1v) is 9.03. The van der Waals surface area contributed by atoms with Crippen LogP contribution < -0.4 is 5.32 Å². The number of nitrogens with one attached hydrogen (secondary N) is 1. The first-order valence-electron chi connectivity index (χ1n) is 9.03. The Morgan fingerprint density at radius 2 is 1.82 bits per heavy atom. The molecule has 0 aromatic heterocycles. The zero-order valence-corrected chi connectivity index (χ0v) is 15.4. The van der Waals surface area contributed by atoms with Crippen LogP contribution >= 0.6 is 0 Å². The van der Waals surface area contributed by atoms with E-state index in [1.165, 1.54) is 30.1 Å². The smallest absolute Gasteiger partial charge is 0.341 e. The number of para-hydroxylation sites is 1. The topological polar surface area (TPSA) is 49.4 Å². The van der Waals surface area contributed by atoms with Gasteiger partial charge in [0.25, 0.3) is 0 Å². The number of hydrogen-bond donors (Lipinski definition) is 1. The van der Waals surface area contributed by atoms with Gasteiger partial charge in [0.2, 0.25) is 11.8 Å². The van der Waals surface area contributed by atoms with Crippen molar-refractivity contribution in [2.75, 3.05) is 12.4 Å². The minimum Gasteiger partial charge on any atom is -0.341 e. The second kappa shape index (κ2) is 8.04. The van der Waals surface area contributed by atoms with Gasteiger partial charge in [0.05, 0.1) is 5.56 Å². The van der Waals surface area contributed by atoms with Crippen LogP contribution in [-0.4, -0.2) is 23.8 Å². The first-order chi connectivity index (χ1) is 13.3. The fourth-order valence-electron chi connectivity index (χ4n) is 3.41. The maximum absolute atomic E-state index is 13.1. The van der Waals surface area contributed by atoms with Gasteiger partial charge in [-0.25, -0.2) is 0 Å². The lowest BCUT2D eigenvalue weighted by Crippen LogP contribution is -2.32. The Bertz CT molecular complexity index is 880. The van der Waals surface area contributed by atoms with Crippen LogP contribution in [0.15, 0.2) is 48.5 Å². The molecular weight excluding hydrogens is 369 g/mol. The molecule has 1 heterocycles. The van der Waals surface area contributed by atoms with Gasteiger partial charge in [0.15, 0.2) is 0 Å². The maximum Gasteiger partial charge on any atom is 0.416 e. The largest absolute Gasteiger partial charge is 0.416 e. The third-order valence-electron chi connectivity index (χ3n) is 4.98. The van der Waals surface area contributed by atoms with Crippen LogP contribution in [0.1, 0.15) is 29.5 Å². The van der Waals surface area contributed by atoms with Crippen molar-refractivity contribution in [2.24, 2.45) is 5.92 Å². The first kappa shape index (κ1) is 19.9. The monoisotopic (exact) mass is 390 g/mol. The quantitative estimate of drug-likeness (QED) is 0.830. The molecule has 1 N–H and O–H groups in total. The minimum absolute atomic E-state index is 0.0511. The number of carbonyl (C=O) groups is 2. The lowest BCUT2D eigenvalue weighted by atomic mass is 9.89. The summed E-state index contributed by atoms with van der Waals surface area (Å²) in [6, 6.07) is 12.7. The Morgan fingerprint density at radius 3 is 2.57 bits per heavy atom. The van der Waals surface area contributed by atoms with E-state index in [2.05, 4.69) is 5.32 Å². The molecule has 0 saturated carbocycles. The Kier molecular flexibility index (Phi) is 5.72. The van der Waals surface area contributed by atoms with E-state index in [0.717, 1.165) is 17.3 Å². The summed E-state index contributed by atoms with van der Waals surface area (Å²) < 4.78 is 39.3. The fraction of sp³-hybridized carbons (Fsp3) is 0.333. The molecule has 2 amide bonds. The van der Waals surface area contributed by atoms with E-state index in [4.69, 9.17) is 0 Å². The number of alkyl halides is 3. The number of fused-ring (bicyclic) bond motifs is 1. The molecule has 0 bridgehead atoms. The van der Waals surface area contributed by atoms with Crippen molar-refractivity contribution >= 4 is 17.5 Å². The van der Waals surface area contributed by atoms with Gasteiger partial charge in [0, 0.05) is 31.6 Å². The van der Waals surface area contributed by atoms with Crippen LogP contribution in [0.2, 0.25) is 0 Å². The van der Waals surface area contributed by atoms with Gasteiger partial charge in [-0.05, 0) is 36.1 Å². The summed E-state index contributed by atoms with van der Waals surface area (Å²) in [7, 11) is 1.48. The number of nitrogens with zero attached hydrogens (tertiary/aromatic N) is 1. The molecule has 2 aromatic carbocycles. The number of benzene rings is 2. The van der Waals surface area contributed by atoms with Crippen LogP contribution in [-0.2, 0) is 28.7 Å². The highest BCUT2D eigenvalue weighted by molar-refractivity contribution is 5.96. The minimum atomic E-state index is -4.46. The van der Waals surface area contributed by atoms with E-state index in [0.29, 0.717) is 12.8 Å². The van der Waals surface area contributed by atoms with Gasteiger partial charge >= 0.3 is 6.18 Å². The molecule has 1 aliphatic heterocycles. The summed E-state index contributed by atoms with van der Waals surface area (Å²) in [6.45, 7) is -0.131. The Morgan fingerprint density at radius 1 is 1.14 bits per heavy atom. The molecule has 28 heavy (non-hydrogen) atoms. The van der Waals surface area contributed by atoms with E-state index in [-0.39, 0.29) is 36.3 Å². The highest BCUT2D eigenvalue weighted by atomic mass is 19.4. The molecule has 2 aromatic rings. The van der Waals surface area contributed by atoms with Gasteiger partial charge in [-0.3, -0.25) is 9.59 Å². The second-order valence-corrected chi connectivity index (χ2v) is 6.99. The Balaban J connectivity index is 1.59. The number of anilines is 1. The van der Waals surface area contributed by atoms with E-state index >= 15 is 0 Å². The molecule has 1 aliphatic rings. The highest BCUT2D eigenvalue weighted by Crippen LogP contribution is 2.32. The predicted molar refractivity (Wildman–Crippen MR) is 99.4 cm³/mol. The van der Waals surface area contributed by atoms with Gasteiger partial charge in [0.1, 0.15) is 0 Å². The van der Waals surface area contributed by atoms with Crippen molar-refractivity contribution < 1.29 is 22.8 Å². The average molecular weight is 390 g/mol. The van der Waals surface area contributed by atoms with Crippen LogP contribution in [0.25, 0.3) is 0 Å². The highest BCUT2D eigenvalue weighted by Gasteiger charge is 2.33. The summed E-state index contributed by atoms with van der Waals surface area (Å²) in [6.07, 6.45) is -3.46. The third kappa shape index (κ3) is 4.52. The van der Waals surface area contributed by atoms with Gasteiger partial charge < -0.3 is 10.2 Å². The van der Waals surface area contributed by atoms with Gasteiger partial charge in [-0.1, -0.05) is 36.4 Å². The molecular formula is C21H21F3N2O2. The molecule has 0 aliphatic carbocycles. The molecule has 0 radical (unpaired) electrons. The molecule has 0 saturated heterocycles. The van der Waals surface area contributed by atoms with Gasteiger partial charge in [-0.2, -0.15) is 13.2 Å². The number of amides is 2. The zero-order valence-electron chi connectivity index (χ0n) is 15.4. The SMILES string of the molecule is CN(Cc1ccccc1C(F)(F)F)C(=O)CCC1Cc2ccccc2NC1=O. The van der Waals surface area contributed by atoms with Crippen LogP contribution in [0.4, 0.5) is 18.9 Å². The molecule has 1 unspecified atom stereocenters. The van der Waals surface area contributed by atoms with Crippen molar-refractivity contribution in [3.05, 3.63) is 65.2 Å². The number of halogens is 3. The normalized spacial score (nSPS) is 16.3. The molecule has 3 rings (SSSR count). The van der Waals surface area contributed by atoms with Crippen LogP contribution in [0.3, 0.4) is 0 Å². The molecule has 1 atom stereocenters. The molecule has 0 spiro atoms. The summed E-state index contributed by atoms with van der Waals surface area (Å²) in [5.74, 6) is -0.741. The zero-order chi connectivity index (χ0) is 20.3. The second-order valence-electron chi connectivity index (χ2n) is 6.99. The number of carbonyl (C=O) groups excluding carboxylic acids is 2. The molecule has 0 fully saturated rings. The van der Waals surface area contributed by atoms with Crippen LogP contribution in [0, 0.1) is 5.92 Å². The molecule has 148 valence electrons. The summed E-state index contributed by atoms with van der Waals surface area (Å²) >= 11 is 0. The summed E-state index contributed by atoms with van der Waals surface area (Å²) in [5.41, 5.74) is 1.12. The van der Waals surface area contributed by atoms with Crippen molar-refractivity contribution in [2.45, 2.75) is 32.0 Å². The number of hydrogen-bond acceptors (Lipinski definition) is 2. The standard InChI is InChI=1S/C21H21F3N2O2/c1-26(13-16-7-2-4-8-17(16)21(22,23)24)19(27)11-10-15-12-14-6-3-5-9-18(14)25-20(15)28/h2-9,15H,10-13H2,1H3,(H,25,28). The lowest BCUT2D eigenvalue weighted by Gasteiger charge is -2.25.